The third kappa shape index (κ3) is 4.07. The first-order valence-corrected chi connectivity index (χ1v) is 10.0. The summed E-state index contributed by atoms with van der Waals surface area (Å²) in [5.74, 6) is 0.844. The molecule has 0 unspecified atom stereocenters. The first-order chi connectivity index (χ1) is 13.4. The summed E-state index contributed by atoms with van der Waals surface area (Å²) in [6.07, 6.45) is 5.26. The molecule has 2 heterocycles. The highest BCUT2D eigenvalue weighted by molar-refractivity contribution is 8.00. The van der Waals surface area contributed by atoms with Crippen molar-refractivity contribution in [3.8, 4) is 11.4 Å². The maximum Gasteiger partial charge on any atom is 0.192 e. The van der Waals surface area contributed by atoms with Crippen molar-refractivity contribution in [1.29, 1.82) is 0 Å². The van der Waals surface area contributed by atoms with Gasteiger partial charge in [-0.3, -0.25) is 14.3 Å². The molecule has 3 rings (SSSR count). The smallest absolute Gasteiger partial charge is 0.192 e. The van der Waals surface area contributed by atoms with Crippen molar-refractivity contribution in [3.63, 3.8) is 0 Å². The molecule has 0 aliphatic rings. The number of carbonyl (C=O) groups is 1. The number of aryl methyl sites for hydroxylation is 3. The van der Waals surface area contributed by atoms with Gasteiger partial charge in [0.15, 0.2) is 16.8 Å². The van der Waals surface area contributed by atoms with E-state index in [0.29, 0.717) is 11.7 Å². The van der Waals surface area contributed by atoms with Crippen LogP contribution in [0.25, 0.3) is 11.4 Å². The fourth-order valence-electron chi connectivity index (χ4n) is 3.04. The highest BCUT2D eigenvalue weighted by Gasteiger charge is 2.23. The van der Waals surface area contributed by atoms with Crippen LogP contribution in [-0.4, -0.2) is 30.8 Å². The average molecular weight is 393 g/mol. The number of benzene rings is 1. The molecule has 3 aromatic rings. The van der Waals surface area contributed by atoms with Gasteiger partial charge in [0.25, 0.3) is 0 Å². The number of allylic oxidation sites excluding steroid dienone is 1. The fraction of sp³-hybridized carbons (Fsp3) is 0.273. The second-order valence-corrected chi connectivity index (χ2v) is 8.13. The Morgan fingerprint density at radius 2 is 1.82 bits per heavy atom. The summed E-state index contributed by atoms with van der Waals surface area (Å²) in [4.78, 5) is 17.1. The lowest BCUT2D eigenvalue weighted by atomic mass is 9.97. The second-order valence-electron chi connectivity index (χ2n) is 6.82. The molecule has 6 heteroatoms. The summed E-state index contributed by atoms with van der Waals surface area (Å²) in [5.41, 5.74) is 5.03. The largest absolute Gasteiger partial charge is 0.298 e. The molecule has 28 heavy (non-hydrogen) atoms. The van der Waals surface area contributed by atoms with Crippen LogP contribution in [0.15, 0.2) is 54.5 Å². The third-order valence-corrected chi connectivity index (χ3v) is 5.81. The summed E-state index contributed by atoms with van der Waals surface area (Å²) >= 11 is 1.42. The van der Waals surface area contributed by atoms with Gasteiger partial charge < -0.3 is 0 Å². The molecule has 1 atom stereocenters. The molecule has 0 aliphatic heterocycles. The monoisotopic (exact) mass is 392 g/mol. The van der Waals surface area contributed by atoms with Gasteiger partial charge in [0.05, 0.1) is 5.25 Å². The normalized spacial score (nSPS) is 12.0. The Labute approximate surface area is 169 Å². The fourth-order valence-corrected chi connectivity index (χ4v) is 3.97. The van der Waals surface area contributed by atoms with E-state index in [2.05, 4.69) is 34.8 Å². The molecule has 0 aliphatic carbocycles. The Morgan fingerprint density at radius 1 is 1.14 bits per heavy atom. The van der Waals surface area contributed by atoms with Gasteiger partial charge in [0, 0.05) is 30.1 Å². The molecule has 0 N–H and O–H groups in total. The lowest BCUT2D eigenvalue weighted by Crippen LogP contribution is -2.16. The van der Waals surface area contributed by atoms with Crippen LogP contribution in [0.4, 0.5) is 0 Å². The molecule has 1 aromatic carbocycles. The van der Waals surface area contributed by atoms with Gasteiger partial charge in [0.2, 0.25) is 0 Å². The van der Waals surface area contributed by atoms with Crippen molar-refractivity contribution >= 4 is 17.5 Å². The Morgan fingerprint density at radius 3 is 2.50 bits per heavy atom. The Kier molecular flexibility index (Phi) is 6.09. The molecule has 0 saturated heterocycles. The van der Waals surface area contributed by atoms with Crippen LogP contribution in [0.2, 0.25) is 0 Å². The molecule has 2 aromatic heterocycles. The standard InChI is InChI=1S/C22H24N4OS/c1-6-11-26-21(18-7-9-23-10-8-18)24-25-22(26)28-17(5)20(27)19-13-15(3)14(2)12-16(19)4/h6-10,12-13,17H,1,11H2,2-5H3/t17-/m1/s1. The van der Waals surface area contributed by atoms with E-state index in [1.165, 1.54) is 17.3 Å². The van der Waals surface area contributed by atoms with Gasteiger partial charge in [-0.2, -0.15) is 0 Å². The zero-order valence-corrected chi connectivity index (χ0v) is 17.5. The number of hydrogen-bond acceptors (Lipinski definition) is 5. The molecule has 144 valence electrons. The van der Waals surface area contributed by atoms with Gasteiger partial charge in [0.1, 0.15) is 0 Å². The van der Waals surface area contributed by atoms with Gasteiger partial charge in [-0.15, -0.1) is 16.8 Å². The highest BCUT2D eigenvalue weighted by atomic mass is 32.2. The van der Waals surface area contributed by atoms with Crippen LogP contribution in [0.5, 0.6) is 0 Å². The summed E-state index contributed by atoms with van der Waals surface area (Å²) in [5, 5.41) is 9.10. The molecule has 0 bridgehead atoms. The predicted octanol–water partition coefficient (Wildman–Crippen LogP) is 4.81. The van der Waals surface area contributed by atoms with Crippen molar-refractivity contribution in [3.05, 3.63) is 71.6 Å². The van der Waals surface area contributed by atoms with Crippen molar-refractivity contribution < 1.29 is 4.79 Å². The summed E-state index contributed by atoms with van der Waals surface area (Å²) in [6.45, 7) is 12.4. The van der Waals surface area contributed by atoms with Crippen LogP contribution in [0.3, 0.4) is 0 Å². The Bertz CT molecular complexity index is 1010. The van der Waals surface area contributed by atoms with Gasteiger partial charge in [-0.05, 0) is 62.6 Å². The third-order valence-electron chi connectivity index (χ3n) is 4.72. The first-order valence-electron chi connectivity index (χ1n) is 9.15. The molecule has 0 spiro atoms. The molecule has 0 amide bonds. The van der Waals surface area contributed by atoms with Crippen LogP contribution >= 0.6 is 11.8 Å². The van der Waals surface area contributed by atoms with Crippen molar-refractivity contribution in [2.24, 2.45) is 0 Å². The number of rotatable bonds is 7. The van der Waals surface area contributed by atoms with E-state index in [4.69, 9.17) is 0 Å². The van der Waals surface area contributed by atoms with Crippen molar-refractivity contribution in [2.45, 2.75) is 44.6 Å². The molecular weight excluding hydrogens is 368 g/mol. The maximum atomic E-state index is 13.1. The minimum Gasteiger partial charge on any atom is -0.298 e. The van der Waals surface area contributed by atoms with E-state index in [1.807, 2.05) is 43.5 Å². The highest BCUT2D eigenvalue weighted by Crippen LogP contribution is 2.29. The average Bonchev–Trinajstić information content (AvgIpc) is 3.07. The summed E-state index contributed by atoms with van der Waals surface area (Å²) in [7, 11) is 0. The van der Waals surface area contributed by atoms with Crippen molar-refractivity contribution in [1.82, 2.24) is 19.7 Å². The van der Waals surface area contributed by atoms with E-state index >= 15 is 0 Å². The number of Topliss-reactive ketones (excluding diaryl/α,β-unsaturated/α-hetero) is 1. The van der Waals surface area contributed by atoms with Crippen LogP contribution in [0, 0.1) is 20.8 Å². The lowest BCUT2D eigenvalue weighted by molar-refractivity contribution is 0.0993. The van der Waals surface area contributed by atoms with E-state index in [0.717, 1.165) is 28.1 Å². The molecular formula is C22H24N4OS. The zero-order valence-electron chi connectivity index (χ0n) is 16.6. The first kappa shape index (κ1) is 20.0. The number of ketones is 1. The second kappa shape index (κ2) is 8.52. The van der Waals surface area contributed by atoms with E-state index in [1.54, 1.807) is 18.5 Å². The van der Waals surface area contributed by atoms with Gasteiger partial charge in [-0.25, -0.2) is 0 Å². The Balaban J connectivity index is 1.89. The maximum absolute atomic E-state index is 13.1. The van der Waals surface area contributed by atoms with E-state index in [9.17, 15) is 4.79 Å². The topological polar surface area (TPSA) is 60.7 Å². The molecule has 0 radical (unpaired) electrons. The van der Waals surface area contributed by atoms with E-state index in [-0.39, 0.29) is 11.0 Å². The number of nitrogens with zero attached hydrogens (tertiary/aromatic N) is 4. The number of hydrogen-bond donors (Lipinski definition) is 0. The predicted molar refractivity (Wildman–Crippen MR) is 114 cm³/mol. The minimum absolute atomic E-state index is 0.101. The van der Waals surface area contributed by atoms with Gasteiger partial charge in [-0.1, -0.05) is 23.9 Å². The number of aromatic nitrogens is 4. The summed E-state index contributed by atoms with van der Waals surface area (Å²) in [6, 6.07) is 7.85. The lowest BCUT2D eigenvalue weighted by Gasteiger charge is -2.14. The van der Waals surface area contributed by atoms with Crippen LogP contribution in [0.1, 0.15) is 34.0 Å². The van der Waals surface area contributed by atoms with Gasteiger partial charge >= 0.3 is 0 Å². The number of thioether (sulfide) groups is 1. The molecule has 5 nitrogen and oxygen atoms in total. The number of carbonyl (C=O) groups excluding carboxylic acids is 1. The summed E-state index contributed by atoms with van der Waals surface area (Å²) < 4.78 is 1.98. The molecule has 0 fully saturated rings. The SMILES string of the molecule is C=CCn1c(S[C@H](C)C(=O)c2cc(C)c(C)cc2C)nnc1-c1ccncc1. The van der Waals surface area contributed by atoms with Crippen LogP contribution in [-0.2, 0) is 6.54 Å². The quantitative estimate of drug-likeness (QED) is 0.328. The van der Waals surface area contributed by atoms with E-state index < -0.39 is 0 Å². The Hall–Kier alpha value is -2.73. The number of pyridine rings is 1. The van der Waals surface area contributed by atoms with Crippen LogP contribution < -0.4 is 0 Å². The zero-order chi connectivity index (χ0) is 20.3. The van der Waals surface area contributed by atoms with Crippen molar-refractivity contribution in [2.75, 3.05) is 0 Å². The minimum atomic E-state index is -0.279. The molecule has 0 saturated carbocycles.